The summed E-state index contributed by atoms with van der Waals surface area (Å²) in [6.45, 7) is 6.01. The molecule has 1 heterocycles. The number of benzene rings is 3. The summed E-state index contributed by atoms with van der Waals surface area (Å²) in [6, 6.07) is 18.3. The first kappa shape index (κ1) is 24.3. The Bertz CT molecular complexity index is 1550. The Kier molecular flexibility index (Phi) is 6.79. The van der Waals surface area contributed by atoms with Gasteiger partial charge in [-0.1, -0.05) is 36.4 Å². The summed E-state index contributed by atoms with van der Waals surface area (Å²) in [4.78, 5) is 25.7. The normalized spacial score (nSPS) is 11.5. The molecule has 3 aromatic carbocycles. The molecule has 8 nitrogen and oxygen atoms in total. The highest BCUT2D eigenvalue weighted by molar-refractivity contribution is 7.91. The third-order valence-electron chi connectivity index (χ3n) is 5.82. The first-order valence-electron chi connectivity index (χ1n) is 11.3. The fourth-order valence-corrected chi connectivity index (χ4v) is 5.48. The molecule has 4 rings (SSSR count). The minimum atomic E-state index is -4.00. The highest BCUT2D eigenvalue weighted by atomic mass is 32.2. The third kappa shape index (κ3) is 4.59. The number of fused-ring (bicyclic) bond motifs is 1. The molecule has 35 heavy (non-hydrogen) atoms. The maximum Gasteiger partial charge on any atom is 0.329 e. The van der Waals surface area contributed by atoms with Crippen LogP contribution in [0.4, 0.5) is 5.69 Å². The molecule has 0 aliphatic carbocycles. The van der Waals surface area contributed by atoms with Crippen LogP contribution in [-0.2, 0) is 27.7 Å². The van der Waals surface area contributed by atoms with Crippen molar-refractivity contribution in [3.63, 3.8) is 0 Å². The lowest BCUT2D eigenvalue weighted by molar-refractivity contribution is -0.118. The summed E-state index contributed by atoms with van der Waals surface area (Å²) in [5, 5.41) is 2.70. The van der Waals surface area contributed by atoms with Crippen LogP contribution < -0.4 is 15.7 Å². The first-order chi connectivity index (χ1) is 16.8. The van der Waals surface area contributed by atoms with E-state index in [0.29, 0.717) is 29.9 Å². The monoisotopic (exact) mass is 493 g/mol. The molecule has 4 aromatic rings. The van der Waals surface area contributed by atoms with Crippen molar-refractivity contribution in [3.8, 4) is 5.75 Å². The van der Waals surface area contributed by atoms with E-state index in [1.807, 2.05) is 32.9 Å². The molecule has 0 saturated carbocycles. The second kappa shape index (κ2) is 9.79. The van der Waals surface area contributed by atoms with Gasteiger partial charge in [0.05, 0.1) is 26.5 Å². The number of carbonyl (C=O) groups is 1. The number of sulfone groups is 1. The van der Waals surface area contributed by atoms with Crippen LogP contribution in [0.15, 0.2) is 81.3 Å². The third-order valence-corrected chi connectivity index (χ3v) is 7.63. The van der Waals surface area contributed by atoms with E-state index in [-0.39, 0.29) is 27.8 Å². The Hall–Kier alpha value is -3.85. The quantitative estimate of drug-likeness (QED) is 0.400. The number of amides is 1. The van der Waals surface area contributed by atoms with Crippen LogP contribution in [0.1, 0.15) is 19.4 Å². The number of aromatic nitrogens is 2. The number of carbonyl (C=O) groups excluding carboxylic acids is 1. The van der Waals surface area contributed by atoms with Gasteiger partial charge >= 0.3 is 5.69 Å². The molecule has 1 amide bonds. The highest BCUT2D eigenvalue weighted by Gasteiger charge is 2.25. The zero-order valence-electron chi connectivity index (χ0n) is 19.8. The second-order valence-corrected chi connectivity index (χ2v) is 9.95. The van der Waals surface area contributed by atoms with E-state index in [1.54, 1.807) is 41.0 Å². The van der Waals surface area contributed by atoms with E-state index in [4.69, 9.17) is 4.74 Å². The van der Waals surface area contributed by atoms with E-state index in [0.717, 1.165) is 5.56 Å². The largest absolute Gasteiger partial charge is 0.483 e. The van der Waals surface area contributed by atoms with Gasteiger partial charge in [0.1, 0.15) is 5.75 Å². The van der Waals surface area contributed by atoms with Gasteiger partial charge in [-0.05, 0) is 56.7 Å². The maximum atomic E-state index is 13.6. The van der Waals surface area contributed by atoms with Crippen molar-refractivity contribution in [1.82, 2.24) is 9.13 Å². The summed E-state index contributed by atoms with van der Waals surface area (Å²) >= 11 is 0. The van der Waals surface area contributed by atoms with E-state index in [2.05, 4.69) is 5.32 Å². The predicted octanol–water partition coefficient (Wildman–Crippen LogP) is 4.00. The molecule has 0 aliphatic rings. The van der Waals surface area contributed by atoms with E-state index in [9.17, 15) is 18.0 Å². The number of rotatable bonds is 8. The number of nitrogens with one attached hydrogen (secondary N) is 1. The lowest BCUT2D eigenvalue weighted by Crippen LogP contribution is -2.23. The van der Waals surface area contributed by atoms with Crippen molar-refractivity contribution in [2.75, 3.05) is 11.9 Å². The SMILES string of the molecule is CCn1c(=O)n(CC)c2cc(S(=O)(=O)c3ccccc3)c(NC(=O)COc3ccccc3C)cc21. The minimum absolute atomic E-state index is 0.0871. The van der Waals surface area contributed by atoms with Gasteiger partial charge in [0.15, 0.2) is 6.61 Å². The summed E-state index contributed by atoms with van der Waals surface area (Å²) in [7, 11) is -4.00. The molecule has 0 radical (unpaired) electrons. The molecule has 0 atom stereocenters. The summed E-state index contributed by atoms with van der Waals surface area (Å²) in [5.41, 5.74) is 1.76. The summed E-state index contributed by atoms with van der Waals surface area (Å²) < 4.78 is 35.9. The van der Waals surface area contributed by atoms with Gasteiger partial charge in [0, 0.05) is 13.1 Å². The van der Waals surface area contributed by atoms with Crippen molar-refractivity contribution >= 4 is 32.5 Å². The van der Waals surface area contributed by atoms with Crippen LogP contribution >= 0.6 is 0 Å². The predicted molar refractivity (Wildman–Crippen MR) is 135 cm³/mol. The Labute approximate surface area is 203 Å². The molecule has 0 spiro atoms. The fourth-order valence-electron chi connectivity index (χ4n) is 4.05. The molecule has 1 N–H and O–H groups in total. The number of aryl methyl sites for hydroxylation is 3. The highest BCUT2D eigenvalue weighted by Crippen LogP contribution is 2.32. The van der Waals surface area contributed by atoms with Gasteiger partial charge in [-0.25, -0.2) is 13.2 Å². The zero-order valence-corrected chi connectivity index (χ0v) is 20.6. The minimum Gasteiger partial charge on any atom is -0.483 e. The number of imidazole rings is 1. The zero-order chi connectivity index (χ0) is 25.2. The van der Waals surface area contributed by atoms with Crippen molar-refractivity contribution in [1.29, 1.82) is 0 Å². The molecule has 0 aliphatic heterocycles. The Balaban J connectivity index is 1.81. The van der Waals surface area contributed by atoms with Gasteiger partial charge in [0.25, 0.3) is 5.91 Å². The first-order valence-corrected chi connectivity index (χ1v) is 12.8. The Morgan fingerprint density at radius 2 is 1.51 bits per heavy atom. The molecule has 182 valence electrons. The van der Waals surface area contributed by atoms with Crippen LogP contribution in [0.3, 0.4) is 0 Å². The van der Waals surface area contributed by atoms with Gasteiger partial charge in [0.2, 0.25) is 9.84 Å². The van der Waals surface area contributed by atoms with Crippen molar-refractivity contribution in [2.24, 2.45) is 0 Å². The smallest absolute Gasteiger partial charge is 0.329 e. The number of anilines is 1. The van der Waals surface area contributed by atoms with Crippen LogP contribution in [0, 0.1) is 6.92 Å². The van der Waals surface area contributed by atoms with E-state index in [1.165, 1.54) is 22.8 Å². The lowest BCUT2D eigenvalue weighted by Gasteiger charge is -2.14. The standard InChI is InChI=1S/C26H27N3O5S/c1-4-28-21-15-20(27-25(30)17-34-23-14-10-9-11-18(23)3)24(16-22(21)29(5-2)26(28)31)35(32,33)19-12-7-6-8-13-19/h6-16H,4-5,17H2,1-3H3,(H,27,30). The van der Waals surface area contributed by atoms with Crippen molar-refractivity contribution in [3.05, 3.63) is 82.8 Å². The molecular weight excluding hydrogens is 466 g/mol. The van der Waals surface area contributed by atoms with Crippen LogP contribution in [0.25, 0.3) is 11.0 Å². The maximum absolute atomic E-state index is 13.6. The second-order valence-electron chi connectivity index (χ2n) is 8.03. The number of hydrogen-bond acceptors (Lipinski definition) is 5. The molecule has 1 aromatic heterocycles. The lowest BCUT2D eigenvalue weighted by atomic mass is 10.2. The van der Waals surface area contributed by atoms with Crippen LogP contribution in [0.5, 0.6) is 5.75 Å². The fraction of sp³-hybridized carbons (Fsp3) is 0.231. The van der Waals surface area contributed by atoms with Gasteiger partial charge in [-0.2, -0.15) is 0 Å². The molecule has 9 heteroatoms. The van der Waals surface area contributed by atoms with Gasteiger partial charge < -0.3 is 10.1 Å². The molecule has 0 saturated heterocycles. The number of hydrogen-bond donors (Lipinski definition) is 1. The van der Waals surface area contributed by atoms with E-state index < -0.39 is 15.7 Å². The van der Waals surface area contributed by atoms with Crippen LogP contribution in [0.2, 0.25) is 0 Å². The number of ether oxygens (including phenoxy) is 1. The number of para-hydroxylation sites is 1. The summed E-state index contributed by atoms with van der Waals surface area (Å²) in [5.74, 6) is 0.0486. The molecule has 0 unspecified atom stereocenters. The summed E-state index contributed by atoms with van der Waals surface area (Å²) in [6.07, 6.45) is 0. The van der Waals surface area contributed by atoms with Gasteiger partial charge in [-0.15, -0.1) is 0 Å². The van der Waals surface area contributed by atoms with Crippen LogP contribution in [-0.4, -0.2) is 30.1 Å². The Morgan fingerprint density at radius 3 is 2.14 bits per heavy atom. The average molecular weight is 494 g/mol. The topological polar surface area (TPSA) is 99.4 Å². The van der Waals surface area contributed by atoms with Gasteiger partial charge in [-0.3, -0.25) is 13.9 Å². The average Bonchev–Trinajstić information content (AvgIpc) is 3.12. The molecule has 0 bridgehead atoms. The molecular formula is C26H27N3O5S. The van der Waals surface area contributed by atoms with Crippen molar-refractivity contribution < 1.29 is 17.9 Å². The van der Waals surface area contributed by atoms with E-state index >= 15 is 0 Å². The molecule has 0 fully saturated rings. The number of nitrogens with zero attached hydrogens (tertiary/aromatic N) is 2. The van der Waals surface area contributed by atoms with Crippen molar-refractivity contribution in [2.45, 2.75) is 43.7 Å². The Morgan fingerprint density at radius 1 is 0.914 bits per heavy atom.